The second kappa shape index (κ2) is 12.3. The van der Waals surface area contributed by atoms with E-state index in [-0.39, 0.29) is 4.90 Å². The van der Waals surface area contributed by atoms with Crippen LogP contribution in [0.5, 0.6) is 0 Å². The molecule has 0 radical (unpaired) electrons. The molecule has 0 bridgehead atoms. The van der Waals surface area contributed by atoms with Gasteiger partial charge < -0.3 is 0 Å². The van der Waals surface area contributed by atoms with Gasteiger partial charge in [-0.2, -0.15) is 0 Å². The van der Waals surface area contributed by atoms with Gasteiger partial charge in [0.15, 0.2) is 0 Å². The fourth-order valence-electron chi connectivity index (χ4n) is 7.38. The smallest absolute Gasteiger partial charge is 0.0267 e. The van der Waals surface area contributed by atoms with Crippen molar-refractivity contribution in [3.8, 4) is 0 Å². The van der Waals surface area contributed by atoms with Crippen molar-refractivity contribution >= 4 is 37.1 Å². The Morgan fingerprint density at radius 3 is 0.814 bits per heavy atom. The lowest BCUT2D eigenvalue weighted by Gasteiger charge is -2.48. The van der Waals surface area contributed by atoms with Crippen LogP contribution < -0.4 is 21.2 Å². The van der Waals surface area contributed by atoms with Crippen molar-refractivity contribution in [1.82, 2.24) is 0 Å². The summed E-state index contributed by atoms with van der Waals surface area (Å²) in [5, 5.41) is 6.45. The molecular formula is C41H52P2. The van der Waals surface area contributed by atoms with E-state index >= 15 is 0 Å². The third kappa shape index (κ3) is 5.36. The molecule has 43 heavy (non-hydrogen) atoms. The standard InChI is InChI=1S/C41H52P2/c1-25-15-19-37(33(9)29(25)5)42(38-20-16-26(2)30(6)34(38)10)41(23-13-14-24-41)43(39-21-17-27(3)31(7)35(39)11)40-22-18-28(4)32(8)36(40)12/h15-22H,13-14,23-24H2,1-12H3. The second-order valence-electron chi connectivity index (χ2n) is 13.5. The number of aryl methyl sites for hydroxylation is 4. The van der Waals surface area contributed by atoms with Crippen LogP contribution in [0.4, 0.5) is 0 Å². The fraction of sp³-hybridized carbons (Fsp3) is 0.415. The molecule has 1 saturated carbocycles. The van der Waals surface area contributed by atoms with E-state index in [0.717, 1.165) is 0 Å². The highest BCUT2D eigenvalue weighted by Crippen LogP contribution is 2.72. The van der Waals surface area contributed by atoms with Crippen molar-refractivity contribution in [2.24, 2.45) is 0 Å². The first-order chi connectivity index (χ1) is 20.3. The highest BCUT2D eigenvalue weighted by Gasteiger charge is 2.51. The third-order valence-electron chi connectivity index (χ3n) is 11.3. The predicted molar refractivity (Wildman–Crippen MR) is 196 cm³/mol. The summed E-state index contributed by atoms with van der Waals surface area (Å²) in [5.41, 5.74) is 17.5. The SMILES string of the molecule is Cc1ccc(P(c2ccc(C)c(C)c2C)C2(P(c3ccc(C)c(C)c3C)c3ccc(C)c(C)c3C)CCCC2)c(C)c1C. The van der Waals surface area contributed by atoms with Crippen LogP contribution in [0.1, 0.15) is 92.4 Å². The van der Waals surface area contributed by atoms with Gasteiger partial charge >= 0.3 is 0 Å². The van der Waals surface area contributed by atoms with Crippen LogP contribution in [-0.4, -0.2) is 4.90 Å². The molecule has 0 aliphatic heterocycles. The van der Waals surface area contributed by atoms with E-state index in [9.17, 15) is 0 Å². The zero-order valence-electron chi connectivity index (χ0n) is 28.8. The van der Waals surface area contributed by atoms with Crippen LogP contribution in [0.15, 0.2) is 48.5 Å². The van der Waals surface area contributed by atoms with E-state index in [1.807, 2.05) is 0 Å². The van der Waals surface area contributed by atoms with Crippen LogP contribution >= 0.6 is 15.8 Å². The Morgan fingerprint density at radius 1 is 0.349 bits per heavy atom. The Morgan fingerprint density at radius 2 is 0.581 bits per heavy atom. The number of hydrogen-bond acceptors (Lipinski definition) is 0. The van der Waals surface area contributed by atoms with Crippen molar-refractivity contribution in [3.05, 3.63) is 115 Å². The van der Waals surface area contributed by atoms with E-state index in [0.29, 0.717) is 0 Å². The predicted octanol–water partition coefficient (Wildman–Crippen LogP) is 10.2. The van der Waals surface area contributed by atoms with E-state index in [1.54, 1.807) is 21.2 Å². The maximum Gasteiger partial charge on any atom is 0.0267 e. The number of rotatable bonds is 6. The molecule has 1 fully saturated rings. The van der Waals surface area contributed by atoms with Gasteiger partial charge in [0.1, 0.15) is 0 Å². The van der Waals surface area contributed by atoms with E-state index < -0.39 is 15.8 Å². The minimum absolute atomic E-state index is 0.183. The summed E-state index contributed by atoms with van der Waals surface area (Å²) >= 11 is 0. The molecule has 0 saturated heterocycles. The van der Waals surface area contributed by atoms with Crippen molar-refractivity contribution in [3.63, 3.8) is 0 Å². The normalized spacial score (nSPS) is 14.7. The van der Waals surface area contributed by atoms with Crippen molar-refractivity contribution in [2.45, 2.75) is 114 Å². The molecule has 1 aliphatic rings. The van der Waals surface area contributed by atoms with Gasteiger partial charge in [-0.05, 0) is 200 Å². The zero-order chi connectivity index (χ0) is 31.4. The molecule has 0 N–H and O–H groups in total. The Bertz CT molecular complexity index is 1460. The Labute approximate surface area is 265 Å². The van der Waals surface area contributed by atoms with Gasteiger partial charge in [0.2, 0.25) is 0 Å². The molecule has 4 aromatic carbocycles. The largest absolute Gasteiger partial charge is 0.0584 e. The third-order valence-corrected chi connectivity index (χ3v) is 18.9. The summed E-state index contributed by atoms with van der Waals surface area (Å²) in [5.74, 6) is 0. The summed E-state index contributed by atoms with van der Waals surface area (Å²) in [7, 11) is -1.30. The Kier molecular flexibility index (Phi) is 9.17. The number of hydrogen-bond donors (Lipinski definition) is 0. The maximum absolute atomic E-state index is 2.53. The minimum Gasteiger partial charge on any atom is -0.0584 e. The molecular weight excluding hydrogens is 554 g/mol. The molecule has 1 aliphatic carbocycles. The first-order valence-electron chi connectivity index (χ1n) is 16.2. The Hall–Kier alpha value is -2.26. The van der Waals surface area contributed by atoms with Crippen LogP contribution in [0.3, 0.4) is 0 Å². The highest BCUT2D eigenvalue weighted by atomic mass is 31.2. The van der Waals surface area contributed by atoms with Gasteiger partial charge in [0, 0.05) is 4.90 Å². The Balaban J connectivity index is 1.95. The maximum atomic E-state index is 2.53. The van der Waals surface area contributed by atoms with Crippen molar-refractivity contribution in [2.75, 3.05) is 0 Å². The van der Waals surface area contributed by atoms with Crippen LogP contribution in [0, 0.1) is 83.1 Å². The first-order valence-corrected chi connectivity index (χ1v) is 18.9. The van der Waals surface area contributed by atoms with E-state index in [4.69, 9.17) is 0 Å². The molecule has 0 unspecified atom stereocenters. The van der Waals surface area contributed by atoms with Crippen LogP contribution in [0.25, 0.3) is 0 Å². The average molecular weight is 607 g/mol. The van der Waals surface area contributed by atoms with Crippen molar-refractivity contribution in [1.29, 1.82) is 0 Å². The van der Waals surface area contributed by atoms with Gasteiger partial charge in [0.05, 0.1) is 0 Å². The molecule has 0 nitrogen and oxygen atoms in total. The molecule has 2 heteroatoms. The fourth-order valence-corrected chi connectivity index (χ4v) is 16.2. The summed E-state index contributed by atoms with van der Waals surface area (Å²) in [6, 6.07) is 19.8. The van der Waals surface area contributed by atoms with Gasteiger partial charge in [-0.15, -0.1) is 0 Å². The summed E-state index contributed by atoms with van der Waals surface area (Å²) < 4.78 is 0. The molecule has 0 heterocycles. The van der Waals surface area contributed by atoms with Gasteiger partial charge in [-0.1, -0.05) is 61.4 Å². The van der Waals surface area contributed by atoms with E-state index in [2.05, 4.69) is 132 Å². The average Bonchev–Trinajstić information content (AvgIpc) is 3.47. The molecule has 4 aromatic rings. The summed E-state index contributed by atoms with van der Waals surface area (Å²) in [6.45, 7) is 28.2. The summed E-state index contributed by atoms with van der Waals surface area (Å²) in [4.78, 5) is 0.183. The summed E-state index contributed by atoms with van der Waals surface area (Å²) in [6.07, 6.45) is 5.22. The van der Waals surface area contributed by atoms with Crippen LogP contribution in [0.2, 0.25) is 0 Å². The number of benzene rings is 4. The molecule has 0 atom stereocenters. The lowest BCUT2D eigenvalue weighted by molar-refractivity contribution is 0.824. The molecule has 0 spiro atoms. The second-order valence-corrected chi connectivity index (χ2v) is 18.8. The molecule has 0 amide bonds. The van der Waals surface area contributed by atoms with E-state index in [1.165, 1.54) is 92.4 Å². The molecule has 226 valence electrons. The lowest BCUT2D eigenvalue weighted by Crippen LogP contribution is -2.40. The van der Waals surface area contributed by atoms with Crippen LogP contribution in [-0.2, 0) is 0 Å². The van der Waals surface area contributed by atoms with Gasteiger partial charge in [-0.3, -0.25) is 0 Å². The quantitative estimate of drug-likeness (QED) is 0.192. The minimum atomic E-state index is -0.652. The monoisotopic (exact) mass is 606 g/mol. The van der Waals surface area contributed by atoms with Gasteiger partial charge in [0.25, 0.3) is 0 Å². The van der Waals surface area contributed by atoms with Crippen molar-refractivity contribution < 1.29 is 0 Å². The highest BCUT2D eigenvalue weighted by molar-refractivity contribution is 7.91. The molecule has 0 aromatic heterocycles. The topological polar surface area (TPSA) is 0 Å². The lowest BCUT2D eigenvalue weighted by atomic mass is 10.0. The first kappa shape index (κ1) is 32.1. The zero-order valence-corrected chi connectivity index (χ0v) is 30.6. The van der Waals surface area contributed by atoms with Gasteiger partial charge in [-0.25, -0.2) is 0 Å². The molecule has 5 rings (SSSR count).